The average Bonchev–Trinajstić information content (AvgIpc) is 2.61. The lowest BCUT2D eigenvalue weighted by Gasteiger charge is -2.26. The minimum Gasteiger partial charge on any atom is -0.399 e. The average molecular weight is 388 g/mol. The van der Waals surface area contributed by atoms with Crippen molar-refractivity contribution in [1.82, 2.24) is 5.32 Å². The minimum absolute atomic E-state index is 0.0374. The summed E-state index contributed by atoms with van der Waals surface area (Å²) in [7, 11) is -3.34. The Bertz CT molecular complexity index is 924. The number of amides is 1. The number of rotatable bonds is 6. The van der Waals surface area contributed by atoms with Crippen LogP contribution < -0.4 is 15.8 Å². The van der Waals surface area contributed by atoms with Crippen molar-refractivity contribution in [3.63, 3.8) is 0 Å². The number of sulfonamides is 1. The molecule has 0 bridgehead atoms. The van der Waals surface area contributed by atoms with E-state index >= 15 is 0 Å². The first kappa shape index (κ1) is 19.2. The lowest BCUT2D eigenvalue weighted by atomic mass is 9.87. The molecule has 27 heavy (non-hydrogen) atoms. The lowest BCUT2D eigenvalue weighted by molar-refractivity contribution is 0.0933. The molecule has 144 valence electrons. The minimum atomic E-state index is -3.34. The molecular formula is C20H25N3O3S. The van der Waals surface area contributed by atoms with Crippen LogP contribution in [-0.2, 0) is 16.4 Å². The fraction of sp³-hybridized carbons (Fsp3) is 0.350. The van der Waals surface area contributed by atoms with Crippen molar-refractivity contribution in [3.8, 4) is 0 Å². The summed E-state index contributed by atoms with van der Waals surface area (Å²) in [4.78, 5) is 12.6. The van der Waals surface area contributed by atoms with E-state index in [1.54, 1.807) is 24.3 Å². The van der Waals surface area contributed by atoms with Crippen molar-refractivity contribution in [2.24, 2.45) is 0 Å². The molecule has 0 saturated carbocycles. The molecule has 1 unspecified atom stereocenters. The molecule has 0 spiro atoms. The van der Waals surface area contributed by atoms with Gasteiger partial charge in [0.2, 0.25) is 10.0 Å². The zero-order valence-electron chi connectivity index (χ0n) is 15.4. The molecule has 0 fully saturated rings. The third kappa shape index (κ3) is 4.80. The largest absolute Gasteiger partial charge is 0.399 e. The molecule has 7 heteroatoms. The Morgan fingerprint density at radius 2 is 1.93 bits per heavy atom. The van der Waals surface area contributed by atoms with E-state index in [2.05, 4.69) is 10.0 Å². The Morgan fingerprint density at radius 1 is 1.19 bits per heavy atom. The summed E-state index contributed by atoms with van der Waals surface area (Å²) in [5.41, 5.74) is 9.86. The van der Waals surface area contributed by atoms with Crippen molar-refractivity contribution in [2.45, 2.75) is 38.6 Å². The van der Waals surface area contributed by atoms with Gasteiger partial charge < -0.3 is 11.1 Å². The van der Waals surface area contributed by atoms with Crippen LogP contribution in [0.1, 0.15) is 53.7 Å². The number of benzene rings is 2. The third-order valence-electron chi connectivity index (χ3n) is 4.68. The Hall–Kier alpha value is -2.54. The molecule has 1 amide bonds. The van der Waals surface area contributed by atoms with Gasteiger partial charge in [0.1, 0.15) is 0 Å². The maximum atomic E-state index is 12.6. The van der Waals surface area contributed by atoms with Gasteiger partial charge in [-0.2, -0.15) is 0 Å². The molecule has 0 aliphatic heterocycles. The molecular weight excluding hydrogens is 362 g/mol. The van der Waals surface area contributed by atoms with Crippen LogP contribution in [0.15, 0.2) is 42.5 Å². The maximum Gasteiger partial charge on any atom is 0.251 e. The summed E-state index contributed by atoms with van der Waals surface area (Å²) in [6, 6.07) is 12.3. The van der Waals surface area contributed by atoms with Gasteiger partial charge in [0.05, 0.1) is 11.8 Å². The summed E-state index contributed by atoms with van der Waals surface area (Å²) in [6.07, 6.45) is 3.40. The van der Waals surface area contributed by atoms with Gasteiger partial charge in [0.25, 0.3) is 5.91 Å². The third-order valence-corrected chi connectivity index (χ3v) is 6.17. The first-order valence-corrected chi connectivity index (χ1v) is 10.8. The summed E-state index contributed by atoms with van der Waals surface area (Å²) in [6.45, 7) is 1.81. The molecule has 1 atom stereocenters. The van der Waals surface area contributed by atoms with Crippen LogP contribution in [0.3, 0.4) is 0 Å². The van der Waals surface area contributed by atoms with Crippen LogP contribution in [0, 0.1) is 0 Å². The zero-order valence-corrected chi connectivity index (χ0v) is 16.2. The standard InChI is InChI=1S/C20H25N3O3S/c1-2-12-27(25,26)23-17-9-6-14(7-10-17)20(24)22-19-5-3-4-15-13-16(21)8-11-18(15)19/h6-11,13,19,23H,2-5,12,21H2,1H3,(H,22,24). The topological polar surface area (TPSA) is 101 Å². The molecule has 6 nitrogen and oxygen atoms in total. The number of nitrogen functional groups attached to an aromatic ring is 1. The van der Waals surface area contributed by atoms with E-state index in [0.29, 0.717) is 17.7 Å². The number of anilines is 2. The Morgan fingerprint density at radius 3 is 2.63 bits per heavy atom. The number of aryl methyl sites for hydroxylation is 1. The highest BCUT2D eigenvalue weighted by Gasteiger charge is 2.22. The van der Waals surface area contributed by atoms with E-state index < -0.39 is 10.0 Å². The highest BCUT2D eigenvalue weighted by molar-refractivity contribution is 7.92. The fourth-order valence-corrected chi connectivity index (χ4v) is 4.55. The first-order valence-electron chi connectivity index (χ1n) is 9.17. The first-order chi connectivity index (χ1) is 12.9. The number of nitrogens with two attached hydrogens (primary N) is 1. The van der Waals surface area contributed by atoms with E-state index in [9.17, 15) is 13.2 Å². The molecule has 3 rings (SSSR count). The van der Waals surface area contributed by atoms with Crippen molar-refractivity contribution in [3.05, 3.63) is 59.2 Å². The van der Waals surface area contributed by atoms with Crippen molar-refractivity contribution in [2.75, 3.05) is 16.2 Å². The molecule has 2 aromatic rings. The van der Waals surface area contributed by atoms with Crippen LogP contribution in [-0.4, -0.2) is 20.1 Å². The number of carbonyl (C=O) groups excluding carboxylic acids is 1. The van der Waals surface area contributed by atoms with Crippen molar-refractivity contribution in [1.29, 1.82) is 0 Å². The van der Waals surface area contributed by atoms with Crippen molar-refractivity contribution >= 4 is 27.3 Å². The van der Waals surface area contributed by atoms with Gasteiger partial charge in [-0.1, -0.05) is 13.0 Å². The summed E-state index contributed by atoms with van der Waals surface area (Å²) >= 11 is 0. The second-order valence-electron chi connectivity index (χ2n) is 6.87. The smallest absolute Gasteiger partial charge is 0.251 e. The van der Waals surface area contributed by atoms with Crippen LogP contribution in [0.5, 0.6) is 0 Å². The van der Waals surface area contributed by atoms with Gasteiger partial charge in [0.15, 0.2) is 0 Å². The van der Waals surface area contributed by atoms with Gasteiger partial charge in [-0.15, -0.1) is 0 Å². The van der Waals surface area contributed by atoms with E-state index in [0.717, 1.165) is 30.5 Å². The predicted octanol–water partition coefficient (Wildman–Crippen LogP) is 3.23. The molecule has 0 saturated heterocycles. The lowest BCUT2D eigenvalue weighted by Crippen LogP contribution is -2.31. The molecule has 1 aliphatic rings. The molecule has 4 N–H and O–H groups in total. The highest BCUT2D eigenvalue weighted by Crippen LogP contribution is 2.31. The number of nitrogens with one attached hydrogen (secondary N) is 2. The Labute approximate surface area is 160 Å². The molecule has 1 aliphatic carbocycles. The van der Waals surface area contributed by atoms with Gasteiger partial charge in [-0.3, -0.25) is 9.52 Å². The van der Waals surface area contributed by atoms with Gasteiger partial charge in [-0.25, -0.2) is 8.42 Å². The van der Waals surface area contributed by atoms with Crippen LogP contribution >= 0.6 is 0 Å². The van der Waals surface area contributed by atoms with E-state index in [1.165, 1.54) is 5.56 Å². The quantitative estimate of drug-likeness (QED) is 0.662. The SMILES string of the molecule is CCCS(=O)(=O)Nc1ccc(C(=O)NC2CCCc3cc(N)ccc32)cc1. The Kier molecular flexibility index (Phi) is 5.70. The van der Waals surface area contributed by atoms with Crippen LogP contribution in [0.4, 0.5) is 11.4 Å². The highest BCUT2D eigenvalue weighted by atomic mass is 32.2. The van der Waals surface area contributed by atoms with Gasteiger partial charge in [-0.05, 0) is 73.2 Å². The number of hydrogen-bond acceptors (Lipinski definition) is 4. The molecule has 0 aromatic heterocycles. The van der Waals surface area contributed by atoms with Crippen molar-refractivity contribution < 1.29 is 13.2 Å². The fourth-order valence-electron chi connectivity index (χ4n) is 3.41. The summed E-state index contributed by atoms with van der Waals surface area (Å²) < 4.78 is 26.2. The molecule has 0 radical (unpaired) electrons. The van der Waals surface area contributed by atoms with Crippen LogP contribution in [0.25, 0.3) is 0 Å². The van der Waals surface area contributed by atoms with Gasteiger partial charge in [0, 0.05) is 16.9 Å². The normalized spacial score (nSPS) is 16.4. The van der Waals surface area contributed by atoms with Crippen LogP contribution in [0.2, 0.25) is 0 Å². The number of carbonyl (C=O) groups is 1. The Balaban J connectivity index is 1.69. The predicted molar refractivity (Wildman–Crippen MR) is 108 cm³/mol. The number of fused-ring (bicyclic) bond motifs is 1. The second kappa shape index (κ2) is 8.00. The zero-order chi connectivity index (χ0) is 19.4. The van der Waals surface area contributed by atoms with E-state index in [4.69, 9.17) is 5.73 Å². The van der Waals surface area contributed by atoms with E-state index in [1.807, 2.05) is 25.1 Å². The monoisotopic (exact) mass is 387 g/mol. The van der Waals surface area contributed by atoms with Gasteiger partial charge >= 0.3 is 0 Å². The van der Waals surface area contributed by atoms with E-state index in [-0.39, 0.29) is 17.7 Å². The summed E-state index contributed by atoms with van der Waals surface area (Å²) in [5, 5.41) is 3.08. The second-order valence-corrected chi connectivity index (χ2v) is 8.72. The number of hydrogen-bond donors (Lipinski definition) is 3. The molecule has 0 heterocycles. The maximum absolute atomic E-state index is 12.6. The summed E-state index contributed by atoms with van der Waals surface area (Å²) in [5.74, 6) is -0.103. The molecule has 2 aromatic carbocycles.